The van der Waals surface area contributed by atoms with Gasteiger partial charge in [0.2, 0.25) is 10.0 Å². The number of sulfonamides is 1. The maximum absolute atomic E-state index is 12.8. The van der Waals surface area contributed by atoms with Crippen LogP contribution >= 0.6 is 11.6 Å². The normalized spacial score (nSPS) is 11.9. The number of benzene rings is 2. The first-order valence-corrected chi connectivity index (χ1v) is 10.2. The average molecular weight is 406 g/mol. The second-order valence-electron chi connectivity index (χ2n) is 6.34. The molecule has 0 saturated heterocycles. The fourth-order valence-electron chi connectivity index (χ4n) is 2.63. The number of halogens is 1. The van der Waals surface area contributed by atoms with Crippen LogP contribution in [0.4, 0.5) is 0 Å². The fraction of sp³-hybridized carbons (Fsp3) is 0.263. The summed E-state index contributed by atoms with van der Waals surface area (Å²) in [6.07, 6.45) is 0.328. The standard InChI is InChI=1S/C19H20ClN3O3S/c1-13-8-9-14(2)17(12-13)27(24,25)23(3)11-10-18-21-19(26-22-18)15-6-4-5-7-16(15)20/h4-9,12H,10-11H2,1-3H3. The second-order valence-corrected chi connectivity index (χ2v) is 8.76. The summed E-state index contributed by atoms with van der Waals surface area (Å²) < 4.78 is 32.2. The van der Waals surface area contributed by atoms with Crippen molar-refractivity contribution >= 4 is 21.6 Å². The highest BCUT2D eigenvalue weighted by Gasteiger charge is 2.23. The first-order chi connectivity index (χ1) is 12.8. The second kappa shape index (κ2) is 7.80. The molecule has 0 amide bonds. The number of nitrogens with zero attached hydrogens (tertiary/aromatic N) is 3. The van der Waals surface area contributed by atoms with Gasteiger partial charge >= 0.3 is 0 Å². The molecule has 0 aliphatic rings. The molecule has 1 heterocycles. The van der Waals surface area contributed by atoms with Crippen LogP contribution in [-0.4, -0.2) is 36.5 Å². The highest BCUT2D eigenvalue weighted by molar-refractivity contribution is 7.89. The van der Waals surface area contributed by atoms with Crippen LogP contribution < -0.4 is 0 Å². The summed E-state index contributed by atoms with van der Waals surface area (Å²) in [6, 6.07) is 12.6. The van der Waals surface area contributed by atoms with Gasteiger partial charge < -0.3 is 4.52 Å². The molecule has 27 heavy (non-hydrogen) atoms. The van der Waals surface area contributed by atoms with Crippen LogP contribution in [0.2, 0.25) is 5.02 Å². The summed E-state index contributed by atoms with van der Waals surface area (Å²) in [5.74, 6) is 0.739. The molecule has 0 radical (unpaired) electrons. The Morgan fingerprint density at radius 1 is 1.15 bits per heavy atom. The van der Waals surface area contributed by atoms with Gasteiger partial charge in [-0.25, -0.2) is 12.7 Å². The number of aromatic nitrogens is 2. The average Bonchev–Trinajstić information content (AvgIpc) is 3.10. The van der Waals surface area contributed by atoms with Gasteiger partial charge in [-0.05, 0) is 43.2 Å². The van der Waals surface area contributed by atoms with Crippen molar-refractivity contribution in [1.29, 1.82) is 0 Å². The molecule has 0 saturated carbocycles. The van der Waals surface area contributed by atoms with Crippen molar-refractivity contribution in [2.24, 2.45) is 0 Å². The van der Waals surface area contributed by atoms with E-state index in [9.17, 15) is 8.42 Å². The van der Waals surface area contributed by atoms with E-state index < -0.39 is 10.0 Å². The number of likely N-dealkylation sites (N-methyl/N-ethyl adjacent to an activating group) is 1. The first-order valence-electron chi connectivity index (χ1n) is 8.40. The predicted octanol–water partition coefficient (Wildman–Crippen LogP) is 3.87. The van der Waals surface area contributed by atoms with E-state index in [4.69, 9.17) is 16.1 Å². The third-order valence-electron chi connectivity index (χ3n) is 4.25. The lowest BCUT2D eigenvalue weighted by atomic mass is 10.2. The zero-order valence-electron chi connectivity index (χ0n) is 15.3. The molecule has 0 unspecified atom stereocenters. The van der Waals surface area contributed by atoms with Crippen LogP contribution in [0.3, 0.4) is 0 Å². The first kappa shape index (κ1) is 19.5. The Labute approximate surface area is 163 Å². The molecule has 1 aromatic heterocycles. The van der Waals surface area contributed by atoms with E-state index in [1.54, 1.807) is 32.2 Å². The number of aryl methyl sites for hydroxylation is 2. The highest BCUT2D eigenvalue weighted by atomic mass is 35.5. The topological polar surface area (TPSA) is 76.3 Å². The third kappa shape index (κ3) is 4.21. The lowest BCUT2D eigenvalue weighted by Crippen LogP contribution is -2.29. The van der Waals surface area contributed by atoms with Gasteiger partial charge in [-0.3, -0.25) is 0 Å². The lowest BCUT2D eigenvalue weighted by Gasteiger charge is -2.18. The molecule has 3 rings (SSSR count). The molecule has 0 N–H and O–H groups in total. The Bertz CT molecular complexity index is 1060. The SMILES string of the molecule is Cc1ccc(C)c(S(=O)(=O)N(C)CCc2noc(-c3ccccc3Cl)n2)c1. The van der Waals surface area contributed by atoms with Crippen LogP contribution in [0.1, 0.15) is 17.0 Å². The molecule has 0 fully saturated rings. The largest absolute Gasteiger partial charge is 0.334 e. The van der Waals surface area contributed by atoms with E-state index in [0.29, 0.717) is 39.2 Å². The van der Waals surface area contributed by atoms with Crippen LogP contribution in [0, 0.1) is 13.8 Å². The third-order valence-corrected chi connectivity index (χ3v) is 6.58. The number of hydrogen-bond donors (Lipinski definition) is 0. The van der Waals surface area contributed by atoms with E-state index in [-0.39, 0.29) is 6.54 Å². The molecule has 2 aromatic carbocycles. The maximum Gasteiger partial charge on any atom is 0.259 e. The Kier molecular flexibility index (Phi) is 5.64. The Balaban J connectivity index is 1.73. The number of rotatable bonds is 6. The van der Waals surface area contributed by atoms with E-state index in [1.165, 1.54) is 4.31 Å². The van der Waals surface area contributed by atoms with Gasteiger partial charge in [-0.15, -0.1) is 0 Å². The Hall–Kier alpha value is -2.22. The van der Waals surface area contributed by atoms with Crippen molar-refractivity contribution < 1.29 is 12.9 Å². The summed E-state index contributed by atoms with van der Waals surface area (Å²) in [4.78, 5) is 4.63. The van der Waals surface area contributed by atoms with Crippen LogP contribution in [0.25, 0.3) is 11.5 Å². The van der Waals surface area contributed by atoms with Gasteiger partial charge in [0.1, 0.15) is 0 Å². The van der Waals surface area contributed by atoms with E-state index in [1.807, 2.05) is 31.2 Å². The van der Waals surface area contributed by atoms with Crippen molar-refractivity contribution in [2.75, 3.05) is 13.6 Å². The highest BCUT2D eigenvalue weighted by Crippen LogP contribution is 2.26. The summed E-state index contributed by atoms with van der Waals surface area (Å²) >= 11 is 6.14. The van der Waals surface area contributed by atoms with Gasteiger partial charge in [-0.1, -0.05) is 41.0 Å². The van der Waals surface area contributed by atoms with Gasteiger partial charge in [-0.2, -0.15) is 4.98 Å². The minimum atomic E-state index is -3.59. The molecule has 6 nitrogen and oxygen atoms in total. The maximum atomic E-state index is 12.8. The van der Waals surface area contributed by atoms with Crippen LogP contribution in [0.5, 0.6) is 0 Å². The molecule has 0 atom stereocenters. The van der Waals surface area contributed by atoms with Gasteiger partial charge in [0, 0.05) is 20.0 Å². The summed E-state index contributed by atoms with van der Waals surface area (Å²) in [5, 5.41) is 4.44. The van der Waals surface area contributed by atoms with Gasteiger partial charge in [0.25, 0.3) is 5.89 Å². The molecule has 3 aromatic rings. The zero-order valence-corrected chi connectivity index (χ0v) is 16.9. The van der Waals surface area contributed by atoms with Crippen molar-refractivity contribution in [3.05, 3.63) is 64.4 Å². The number of hydrogen-bond acceptors (Lipinski definition) is 5. The van der Waals surface area contributed by atoms with Crippen molar-refractivity contribution in [2.45, 2.75) is 25.2 Å². The summed E-state index contributed by atoms with van der Waals surface area (Å²) in [5.41, 5.74) is 2.26. The molecular formula is C19H20ClN3O3S. The molecule has 0 spiro atoms. The minimum absolute atomic E-state index is 0.233. The summed E-state index contributed by atoms with van der Waals surface area (Å²) in [7, 11) is -2.04. The van der Waals surface area contributed by atoms with E-state index in [2.05, 4.69) is 10.1 Å². The zero-order chi connectivity index (χ0) is 19.6. The Morgan fingerprint density at radius 2 is 1.89 bits per heavy atom. The minimum Gasteiger partial charge on any atom is -0.334 e. The molecule has 8 heteroatoms. The quantitative estimate of drug-likeness (QED) is 0.622. The van der Waals surface area contributed by atoms with Gasteiger partial charge in [0.05, 0.1) is 15.5 Å². The van der Waals surface area contributed by atoms with Crippen LogP contribution in [0.15, 0.2) is 51.9 Å². The van der Waals surface area contributed by atoms with Crippen LogP contribution in [-0.2, 0) is 16.4 Å². The van der Waals surface area contributed by atoms with Crippen molar-refractivity contribution in [3.8, 4) is 11.5 Å². The molecule has 0 aliphatic carbocycles. The van der Waals surface area contributed by atoms with E-state index >= 15 is 0 Å². The smallest absolute Gasteiger partial charge is 0.259 e. The molecule has 142 valence electrons. The van der Waals surface area contributed by atoms with Gasteiger partial charge in [0.15, 0.2) is 5.82 Å². The van der Waals surface area contributed by atoms with E-state index in [0.717, 1.165) is 5.56 Å². The summed E-state index contributed by atoms with van der Waals surface area (Å²) in [6.45, 7) is 3.89. The fourth-order valence-corrected chi connectivity index (χ4v) is 4.32. The molecular weight excluding hydrogens is 386 g/mol. The predicted molar refractivity (Wildman–Crippen MR) is 104 cm³/mol. The molecule has 0 bridgehead atoms. The molecule has 0 aliphatic heterocycles. The monoisotopic (exact) mass is 405 g/mol. The lowest BCUT2D eigenvalue weighted by molar-refractivity contribution is 0.415. The van der Waals surface area contributed by atoms with Crippen molar-refractivity contribution in [1.82, 2.24) is 14.4 Å². The Morgan fingerprint density at radius 3 is 2.63 bits per heavy atom. The van der Waals surface area contributed by atoms with Crippen molar-refractivity contribution in [3.63, 3.8) is 0 Å².